The van der Waals surface area contributed by atoms with E-state index in [4.69, 9.17) is 16.3 Å². The first-order valence-corrected chi connectivity index (χ1v) is 8.62. The van der Waals surface area contributed by atoms with E-state index in [1.165, 1.54) is 19.1 Å². The van der Waals surface area contributed by atoms with Crippen LogP contribution in [0, 0.1) is 16.0 Å². The molecule has 1 N–H and O–H groups in total. The molecule has 1 aliphatic rings. The molecular formula is C17H21ClN2O5. The molecule has 0 heterocycles. The maximum Gasteiger partial charge on any atom is 0.345 e. The number of hydrogen-bond donors (Lipinski definition) is 1. The third-order valence-electron chi connectivity index (χ3n) is 4.47. The number of nitro groups is 1. The van der Waals surface area contributed by atoms with Gasteiger partial charge in [0.2, 0.25) is 0 Å². The number of nitrogens with one attached hydrogen (secondary N) is 1. The molecule has 1 saturated carbocycles. The van der Waals surface area contributed by atoms with Crippen molar-refractivity contribution in [2.45, 2.75) is 51.7 Å². The average Bonchev–Trinajstić information content (AvgIpc) is 2.56. The Balaban J connectivity index is 2.02. The van der Waals surface area contributed by atoms with Gasteiger partial charge in [0, 0.05) is 17.1 Å². The predicted octanol–water partition coefficient (Wildman–Crippen LogP) is 3.49. The molecular weight excluding hydrogens is 348 g/mol. The van der Waals surface area contributed by atoms with E-state index in [-0.39, 0.29) is 16.6 Å². The monoisotopic (exact) mass is 368 g/mol. The highest BCUT2D eigenvalue weighted by Gasteiger charge is 2.28. The van der Waals surface area contributed by atoms with Gasteiger partial charge in [0.15, 0.2) is 6.10 Å². The first kappa shape index (κ1) is 19.2. The Morgan fingerprint density at radius 2 is 2.04 bits per heavy atom. The summed E-state index contributed by atoms with van der Waals surface area (Å²) in [6, 6.07) is 3.72. The van der Waals surface area contributed by atoms with Crippen LogP contribution in [-0.4, -0.2) is 28.9 Å². The summed E-state index contributed by atoms with van der Waals surface area (Å²) in [5.41, 5.74) is -0.689. The Bertz CT molecular complexity index is 679. The predicted molar refractivity (Wildman–Crippen MR) is 92.5 cm³/mol. The number of benzene rings is 1. The van der Waals surface area contributed by atoms with Crippen LogP contribution >= 0.6 is 11.6 Å². The van der Waals surface area contributed by atoms with Crippen LogP contribution in [0.4, 0.5) is 5.69 Å². The number of rotatable bonds is 5. The number of esters is 1. The third kappa shape index (κ3) is 4.92. The molecule has 25 heavy (non-hydrogen) atoms. The van der Waals surface area contributed by atoms with Crippen molar-refractivity contribution in [2.75, 3.05) is 0 Å². The Labute approximate surface area is 150 Å². The fourth-order valence-electron chi connectivity index (χ4n) is 2.94. The van der Waals surface area contributed by atoms with Crippen LogP contribution in [0.2, 0.25) is 5.02 Å². The van der Waals surface area contributed by atoms with Crippen molar-refractivity contribution in [1.82, 2.24) is 5.32 Å². The van der Waals surface area contributed by atoms with Crippen molar-refractivity contribution >= 4 is 29.2 Å². The van der Waals surface area contributed by atoms with Gasteiger partial charge in [-0.1, -0.05) is 31.4 Å². The van der Waals surface area contributed by atoms with Gasteiger partial charge in [-0.2, -0.15) is 0 Å². The van der Waals surface area contributed by atoms with Crippen molar-refractivity contribution in [3.05, 3.63) is 38.9 Å². The first-order valence-electron chi connectivity index (χ1n) is 8.25. The Hall–Kier alpha value is -2.15. The summed E-state index contributed by atoms with van der Waals surface area (Å²) < 4.78 is 5.11. The summed E-state index contributed by atoms with van der Waals surface area (Å²) in [7, 11) is 0. The number of carbonyl (C=O) groups is 2. The van der Waals surface area contributed by atoms with Crippen molar-refractivity contribution in [1.29, 1.82) is 0 Å². The molecule has 1 amide bonds. The second kappa shape index (κ2) is 8.29. The van der Waals surface area contributed by atoms with Crippen molar-refractivity contribution in [3.8, 4) is 0 Å². The lowest BCUT2D eigenvalue weighted by Crippen LogP contribution is -2.46. The lowest BCUT2D eigenvalue weighted by atomic mass is 9.86. The molecule has 136 valence electrons. The number of carbonyl (C=O) groups excluding carboxylic acids is 2. The van der Waals surface area contributed by atoms with Crippen LogP contribution in [0.3, 0.4) is 0 Å². The summed E-state index contributed by atoms with van der Waals surface area (Å²) in [5, 5.41) is 14.1. The van der Waals surface area contributed by atoms with Crippen molar-refractivity contribution in [2.24, 2.45) is 5.92 Å². The second-order valence-electron chi connectivity index (χ2n) is 6.34. The highest BCUT2D eigenvalue weighted by Crippen LogP contribution is 2.25. The van der Waals surface area contributed by atoms with Gasteiger partial charge in [0.25, 0.3) is 11.6 Å². The number of halogens is 1. The molecule has 0 saturated heterocycles. The van der Waals surface area contributed by atoms with E-state index in [2.05, 4.69) is 12.2 Å². The normalized spacial score (nSPS) is 21.2. The van der Waals surface area contributed by atoms with E-state index < -0.39 is 28.6 Å². The van der Waals surface area contributed by atoms with E-state index >= 15 is 0 Å². The van der Waals surface area contributed by atoms with E-state index in [0.717, 1.165) is 31.7 Å². The molecule has 8 heteroatoms. The maximum absolute atomic E-state index is 12.3. The Kier molecular flexibility index (Phi) is 6.36. The zero-order chi connectivity index (χ0) is 18.6. The number of amides is 1. The standard InChI is InChI=1S/C17H21ClN2O5/c1-10-5-3-4-6-14(10)19-16(21)11(2)25-17(22)13-8-7-12(18)9-15(13)20(23)24/h7-11,14H,3-6H2,1-2H3,(H,19,21). The van der Waals surface area contributed by atoms with Crippen LogP contribution in [0.1, 0.15) is 49.9 Å². The Morgan fingerprint density at radius 1 is 1.36 bits per heavy atom. The molecule has 0 bridgehead atoms. The lowest BCUT2D eigenvalue weighted by molar-refractivity contribution is -0.385. The van der Waals surface area contributed by atoms with Gasteiger partial charge in [-0.05, 0) is 37.8 Å². The highest BCUT2D eigenvalue weighted by atomic mass is 35.5. The van der Waals surface area contributed by atoms with Crippen LogP contribution in [0.15, 0.2) is 18.2 Å². The average molecular weight is 369 g/mol. The number of nitrogens with zero attached hydrogens (tertiary/aromatic N) is 1. The summed E-state index contributed by atoms with van der Waals surface area (Å²) in [6.07, 6.45) is 3.11. The van der Waals surface area contributed by atoms with Gasteiger partial charge in [-0.25, -0.2) is 4.79 Å². The van der Waals surface area contributed by atoms with E-state index in [1.807, 2.05) is 0 Å². The molecule has 0 aromatic heterocycles. The SMILES string of the molecule is CC(OC(=O)c1ccc(Cl)cc1[N+](=O)[O-])C(=O)NC1CCCCC1C. The van der Waals surface area contributed by atoms with Crippen molar-refractivity contribution in [3.63, 3.8) is 0 Å². The minimum atomic E-state index is -1.04. The molecule has 1 aromatic rings. The molecule has 0 spiro atoms. The maximum atomic E-state index is 12.3. The molecule has 3 unspecified atom stereocenters. The molecule has 1 fully saturated rings. The number of hydrogen-bond acceptors (Lipinski definition) is 5. The molecule has 2 rings (SSSR count). The zero-order valence-electron chi connectivity index (χ0n) is 14.2. The molecule has 3 atom stereocenters. The fourth-order valence-corrected chi connectivity index (χ4v) is 3.10. The summed E-state index contributed by atoms with van der Waals surface area (Å²) in [5.74, 6) is -0.954. The first-order chi connectivity index (χ1) is 11.8. The second-order valence-corrected chi connectivity index (χ2v) is 6.78. The van der Waals surface area contributed by atoms with Gasteiger partial charge in [0.1, 0.15) is 5.56 Å². The van der Waals surface area contributed by atoms with Gasteiger partial charge in [-0.15, -0.1) is 0 Å². The van der Waals surface area contributed by atoms with Crippen LogP contribution in [0.25, 0.3) is 0 Å². The largest absolute Gasteiger partial charge is 0.449 e. The van der Waals surface area contributed by atoms with E-state index in [1.54, 1.807) is 0 Å². The number of nitro benzene ring substituents is 1. The van der Waals surface area contributed by atoms with Gasteiger partial charge < -0.3 is 10.1 Å². The van der Waals surface area contributed by atoms with Crippen LogP contribution < -0.4 is 5.32 Å². The number of ether oxygens (including phenoxy) is 1. The molecule has 0 radical (unpaired) electrons. The minimum Gasteiger partial charge on any atom is -0.449 e. The molecule has 1 aromatic carbocycles. The quantitative estimate of drug-likeness (QED) is 0.487. The topological polar surface area (TPSA) is 98.5 Å². The molecule has 7 nitrogen and oxygen atoms in total. The van der Waals surface area contributed by atoms with Crippen LogP contribution in [-0.2, 0) is 9.53 Å². The minimum absolute atomic E-state index is 0.0623. The van der Waals surface area contributed by atoms with Gasteiger partial charge in [0.05, 0.1) is 4.92 Å². The fraction of sp³-hybridized carbons (Fsp3) is 0.529. The lowest BCUT2D eigenvalue weighted by Gasteiger charge is -2.30. The van der Waals surface area contributed by atoms with E-state index in [9.17, 15) is 19.7 Å². The van der Waals surface area contributed by atoms with E-state index in [0.29, 0.717) is 5.92 Å². The van der Waals surface area contributed by atoms with Crippen LogP contribution in [0.5, 0.6) is 0 Å². The summed E-state index contributed by atoms with van der Waals surface area (Å²) >= 11 is 5.72. The van der Waals surface area contributed by atoms with Crippen molar-refractivity contribution < 1.29 is 19.2 Å². The van der Waals surface area contributed by atoms with Gasteiger partial charge in [-0.3, -0.25) is 14.9 Å². The molecule has 1 aliphatic carbocycles. The summed E-state index contributed by atoms with van der Waals surface area (Å²) in [6.45, 7) is 3.53. The highest BCUT2D eigenvalue weighted by molar-refractivity contribution is 6.31. The Morgan fingerprint density at radius 3 is 2.68 bits per heavy atom. The van der Waals surface area contributed by atoms with Gasteiger partial charge >= 0.3 is 5.97 Å². The molecule has 0 aliphatic heterocycles. The third-order valence-corrected chi connectivity index (χ3v) is 4.70. The zero-order valence-corrected chi connectivity index (χ0v) is 14.9. The summed E-state index contributed by atoms with van der Waals surface area (Å²) in [4.78, 5) is 34.8. The smallest absolute Gasteiger partial charge is 0.345 e.